The number of allylic oxidation sites excluding steroid dienone is 3. The molecule has 8 heteroatoms. The molecule has 1 aromatic rings. The first-order valence-electron chi connectivity index (χ1n) is 9.05. The molecule has 0 spiro atoms. The topological polar surface area (TPSA) is 121 Å². The Balaban J connectivity index is 2.38. The van der Waals surface area contributed by atoms with E-state index in [0.29, 0.717) is 46.0 Å². The second-order valence-electron chi connectivity index (χ2n) is 6.63. The zero-order valence-corrected chi connectivity index (χ0v) is 16.7. The number of ether oxygens (including phenoxy) is 2. The summed E-state index contributed by atoms with van der Waals surface area (Å²) in [6.45, 7) is 5.60. The molecule has 0 fully saturated rings. The first-order valence-corrected chi connectivity index (χ1v) is 9.05. The lowest BCUT2D eigenvalue weighted by Gasteiger charge is -2.35. The zero-order chi connectivity index (χ0) is 21.3. The zero-order valence-electron chi connectivity index (χ0n) is 16.7. The van der Waals surface area contributed by atoms with Crippen LogP contribution in [0.25, 0.3) is 0 Å². The summed E-state index contributed by atoms with van der Waals surface area (Å²) in [5.41, 5.74) is 9.31. The molecule has 8 nitrogen and oxygen atoms in total. The third-order valence-electron chi connectivity index (χ3n) is 4.85. The number of nitrogens with two attached hydrogens (primary N) is 1. The van der Waals surface area contributed by atoms with Crippen LogP contribution in [0, 0.1) is 11.3 Å². The van der Waals surface area contributed by atoms with Crippen molar-refractivity contribution >= 4 is 11.6 Å². The van der Waals surface area contributed by atoms with Gasteiger partial charge in [-0.1, -0.05) is 6.07 Å². The van der Waals surface area contributed by atoms with E-state index in [1.54, 1.807) is 39.0 Å². The van der Waals surface area contributed by atoms with Gasteiger partial charge < -0.3 is 15.2 Å². The van der Waals surface area contributed by atoms with Crippen LogP contribution < -0.4 is 10.5 Å². The Bertz CT molecular complexity index is 1040. The van der Waals surface area contributed by atoms with E-state index in [-0.39, 0.29) is 11.5 Å². The number of amides is 1. The van der Waals surface area contributed by atoms with Crippen molar-refractivity contribution in [2.75, 3.05) is 13.7 Å². The van der Waals surface area contributed by atoms with E-state index in [1.165, 1.54) is 13.3 Å². The number of benzene rings is 1. The number of hydroxylamine groups is 2. The molecule has 2 heterocycles. The molecule has 3 N–H and O–H groups in total. The third-order valence-corrected chi connectivity index (χ3v) is 4.85. The van der Waals surface area contributed by atoms with Gasteiger partial charge in [0.1, 0.15) is 5.75 Å². The average Bonchev–Trinajstić information content (AvgIpc) is 2.69. The van der Waals surface area contributed by atoms with Gasteiger partial charge in [-0.3, -0.25) is 15.0 Å². The third kappa shape index (κ3) is 3.37. The summed E-state index contributed by atoms with van der Waals surface area (Å²) in [6, 6.07) is 7.02. The fourth-order valence-electron chi connectivity index (χ4n) is 3.66. The maximum Gasteiger partial charge on any atom is 0.247 e. The van der Waals surface area contributed by atoms with Crippen LogP contribution in [0.2, 0.25) is 0 Å². The number of hydrogen-bond donors (Lipinski definition) is 2. The van der Waals surface area contributed by atoms with E-state index in [0.717, 1.165) is 5.06 Å². The molecule has 150 valence electrons. The number of fused-ring (bicyclic) bond motifs is 1. The Morgan fingerprint density at radius 2 is 2.14 bits per heavy atom. The number of carbonyl (C=O) groups excluding carboxylic acids is 1. The number of primary amides is 1. The van der Waals surface area contributed by atoms with Gasteiger partial charge in [-0.05, 0) is 38.5 Å². The highest BCUT2D eigenvalue weighted by Crippen LogP contribution is 2.46. The molecular formula is C21H22N4O4. The van der Waals surface area contributed by atoms with Gasteiger partial charge in [0.15, 0.2) is 0 Å². The number of hydrogen-bond acceptors (Lipinski definition) is 7. The van der Waals surface area contributed by atoms with Crippen molar-refractivity contribution in [3.05, 3.63) is 63.8 Å². The van der Waals surface area contributed by atoms with Gasteiger partial charge >= 0.3 is 0 Å². The minimum atomic E-state index is -0.692. The molecule has 2 aliphatic heterocycles. The van der Waals surface area contributed by atoms with Crippen molar-refractivity contribution in [1.82, 2.24) is 5.06 Å². The molecule has 1 aromatic carbocycles. The lowest BCUT2D eigenvalue weighted by atomic mass is 9.76. The van der Waals surface area contributed by atoms with Crippen molar-refractivity contribution < 1.29 is 19.5 Å². The van der Waals surface area contributed by atoms with Gasteiger partial charge in [0, 0.05) is 17.5 Å². The van der Waals surface area contributed by atoms with E-state index < -0.39 is 11.8 Å². The molecule has 1 atom stereocenters. The van der Waals surface area contributed by atoms with Crippen LogP contribution in [-0.4, -0.2) is 35.6 Å². The molecule has 1 amide bonds. The van der Waals surface area contributed by atoms with E-state index >= 15 is 0 Å². The Morgan fingerprint density at radius 3 is 2.72 bits per heavy atom. The molecular weight excluding hydrogens is 372 g/mol. The van der Waals surface area contributed by atoms with Crippen LogP contribution >= 0.6 is 0 Å². The molecule has 29 heavy (non-hydrogen) atoms. The number of methoxy groups -OCH3 is 1. The van der Waals surface area contributed by atoms with Gasteiger partial charge in [-0.15, -0.1) is 0 Å². The molecule has 0 saturated carbocycles. The largest absolute Gasteiger partial charge is 0.496 e. The van der Waals surface area contributed by atoms with Crippen LogP contribution in [0.15, 0.2) is 57.7 Å². The van der Waals surface area contributed by atoms with Crippen molar-refractivity contribution in [1.29, 1.82) is 5.26 Å². The average molecular weight is 394 g/mol. The van der Waals surface area contributed by atoms with Crippen LogP contribution in [-0.2, 0) is 9.53 Å². The predicted molar refractivity (Wildman–Crippen MR) is 106 cm³/mol. The lowest BCUT2D eigenvalue weighted by molar-refractivity contribution is -0.114. The molecule has 3 rings (SSSR count). The summed E-state index contributed by atoms with van der Waals surface area (Å²) in [5.74, 6) is -0.745. The number of nitriles is 1. The smallest absolute Gasteiger partial charge is 0.247 e. The Labute approximate surface area is 168 Å². The minimum Gasteiger partial charge on any atom is -0.496 e. The van der Waals surface area contributed by atoms with Crippen LogP contribution in [0.3, 0.4) is 0 Å². The quantitative estimate of drug-likeness (QED) is 0.792. The first kappa shape index (κ1) is 20.2. The number of carbonyl (C=O) groups is 1. The molecule has 0 radical (unpaired) electrons. The van der Waals surface area contributed by atoms with Crippen LogP contribution in [0.4, 0.5) is 0 Å². The predicted octanol–water partition coefficient (Wildman–Crippen LogP) is 2.72. The molecule has 0 aromatic heterocycles. The summed E-state index contributed by atoms with van der Waals surface area (Å²) in [4.78, 5) is 17.0. The Kier molecular flexibility index (Phi) is 5.43. The Morgan fingerprint density at radius 1 is 1.41 bits per heavy atom. The highest BCUT2D eigenvalue weighted by molar-refractivity contribution is 6.17. The van der Waals surface area contributed by atoms with E-state index in [4.69, 9.17) is 15.2 Å². The van der Waals surface area contributed by atoms with Crippen molar-refractivity contribution in [2.24, 2.45) is 10.7 Å². The first-order chi connectivity index (χ1) is 13.8. The minimum absolute atomic E-state index is 0.166. The maximum absolute atomic E-state index is 12.4. The van der Waals surface area contributed by atoms with E-state index in [1.807, 2.05) is 0 Å². The van der Waals surface area contributed by atoms with Gasteiger partial charge in [0.25, 0.3) is 0 Å². The molecule has 0 aliphatic carbocycles. The number of aliphatic imine (C=N–C) groups is 1. The summed E-state index contributed by atoms with van der Waals surface area (Å²) in [6.07, 6.45) is 1.50. The highest BCUT2D eigenvalue weighted by Gasteiger charge is 2.40. The normalized spacial score (nSPS) is 18.6. The second-order valence-corrected chi connectivity index (χ2v) is 6.63. The molecule has 0 unspecified atom stereocenters. The van der Waals surface area contributed by atoms with Gasteiger partial charge in [0.05, 0.1) is 48.1 Å². The van der Waals surface area contributed by atoms with Crippen LogP contribution in [0.1, 0.15) is 37.8 Å². The van der Waals surface area contributed by atoms with E-state index in [9.17, 15) is 15.3 Å². The summed E-state index contributed by atoms with van der Waals surface area (Å²) in [7, 11) is 1.49. The SMILES string of the molecule is CCOC1=C2C(=NC(C)=C(C(N)=O)[C@H]2c2ccc(C#N)cc2OC)C(C)=CN1O. The summed E-state index contributed by atoms with van der Waals surface area (Å²) >= 11 is 0. The van der Waals surface area contributed by atoms with E-state index in [2.05, 4.69) is 11.1 Å². The highest BCUT2D eigenvalue weighted by atomic mass is 16.6. The van der Waals surface area contributed by atoms with Gasteiger partial charge in [-0.2, -0.15) is 10.3 Å². The van der Waals surface area contributed by atoms with Crippen LogP contribution in [0.5, 0.6) is 5.75 Å². The van der Waals surface area contributed by atoms with Crippen molar-refractivity contribution in [3.63, 3.8) is 0 Å². The summed E-state index contributed by atoms with van der Waals surface area (Å²) < 4.78 is 11.2. The number of rotatable bonds is 5. The maximum atomic E-state index is 12.4. The fourth-order valence-corrected chi connectivity index (χ4v) is 3.66. The molecule has 0 bridgehead atoms. The van der Waals surface area contributed by atoms with Crippen molar-refractivity contribution in [2.45, 2.75) is 26.7 Å². The Hall–Kier alpha value is -3.57. The second kappa shape index (κ2) is 7.81. The van der Waals surface area contributed by atoms with Crippen molar-refractivity contribution in [3.8, 4) is 11.8 Å². The molecule has 0 saturated heterocycles. The monoisotopic (exact) mass is 394 g/mol. The lowest BCUT2D eigenvalue weighted by Crippen LogP contribution is -2.34. The fraction of sp³-hybridized carbons (Fsp3) is 0.286. The molecule has 2 aliphatic rings. The van der Waals surface area contributed by atoms with Gasteiger partial charge in [0.2, 0.25) is 11.8 Å². The summed E-state index contributed by atoms with van der Waals surface area (Å²) in [5, 5.41) is 20.6. The van der Waals surface area contributed by atoms with Gasteiger partial charge in [-0.25, -0.2) is 0 Å². The standard InChI is InChI=1S/C21H22N4O4/c1-5-29-21-18-17(14-7-6-13(9-22)8-15(14)28-4)16(20(23)26)12(3)24-19(18)11(2)10-25(21)27/h6-8,10,17,27H,5H2,1-4H3,(H2,23,26)/t17-/m1/s1. The number of nitrogens with zero attached hydrogens (tertiary/aromatic N) is 3.